The average molecular weight is 335 g/mol. The van der Waals surface area contributed by atoms with Crippen LogP contribution < -0.4 is 4.74 Å². The molecule has 0 atom stereocenters. The lowest BCUT2D eigenvalue weighted by atomic mass is 9.90. The molecule has 2 aliphatic rings. The highest BCUT2D eigenvalue weighted by Gasteiger charge is 2.38. The maximum absolute atomic E-state index is 12.2. The second-order valence-corrected chi connectivity index (χ2v) is 5.64. The molecule has 1 aliphatic carbocycles. The molecule has 3 nitrogen and oxygen atoms in total. The average Bonchev–Trinajstić information content (AvgIpc) is 2.89. The highest BCUT2D eigenvalue weighted by molar-refractivity contribution is 6.32. The molecule has 1 aliphatic heterocycles. The van der Waals surface area contributed by atoms with Crippen LogP contribution in [0.15, 0.2) is 24.3 Å². The van der Waals surface area contributed by atoms with Crippen LogP contribution >= 0.6 is 11.6 Å². The fraction of sp³-hybridized carbons (Fsp3) is 0.467. The van der Waals surface area contributed by atoms with E-state index in [9.17, 15) is 13.2 Å². The number of benzene rings is 1. The van der Waals surface area contributed by atoms with E-state index in [1.54, 1.807) is 6.07 Å². The molecule has 0 aromatic heterocycles. The Balaban J connectivity index is 1.76. The van der Waals surface area contributed by atoms with Gasteiger partial charge in [0.1, 0.15) is 5.75 Å². The summed E-state index contributed by atoms with van der Waals surface area (Å²) in [5.41, 5.74) is 1.80. The van der Waals surface area contributed by atoms with Crippen molar-refractivity contribution < 1.29 is 27.4 Å². The molecule has 0 amide bonds. The molecule has 1 aromatic rings. The molecule has 0 bridgehead atoms. The van der Waals surface area contributed by atoms with Crippen LogP contribution in [0.1, 0.15) is 24.8 Å². The molecule has 1 saturated heterocycles. The van der Waals surface area contributed by atoms with E-state index in [-0.39, 0.29) is 5.02 Å². The van der Waals surface area contributed by atoms with E-state index in [4.69, 9.17) is 21.1 Å². The van der Waals surface area contributed by atoms with Crippen LogP contribution in [0.4, 0.5) is 13.2 Å². The molecule has 22 heavy (non-hydrogen) atoms. The molecule has 0 radical (unpaired) electrons. The predicted octanol–water partition coefficient (Wildman–Crippen LogP) is 4.55. The first-order valence-corrected chi connectivity index (χ1v) is 7.27. The monoisotopic (exact) mass is 334 g/mol. The summed E-state index contributed by atoms with van der Waals surface area (Å²) in [6.07, 6.45) is -0.697. The molecule has 0 unspecified atom stereocenters. The van der Waals surface area contributed by atoms with Gasteiger partial charge in [-0.15, -0.1) is 13.2 Å². The Kier molecular flexibility index (Phi) is 4.09. The van der Waals surface area contributed by atoms with E-state index >= 15 is 0 Å². The zero-order valence-corrected chi connectivity index (χ0v) is 12.3. The molecule has 1 fully saturated rings. The first kappa shape index (κ1) is 15.6. The summed E-state index contributed by atoms with van der Waals surface area (Å²) in [7, 11) is 0. The van der Waals surface area contributed by atoms with Crippen molar-refractivity contribution in [3.05, 3.63) is 34.9 Å². The molecule has 1 spiro atoms. The lowest BCUT2D eigenvalue weighted by molar-refractivity contribution is -0.274. The SMILES string of the molecule is FC(F)(F)Oc1ccc(C2=CCC3(CC2)OCCO3)cc1Cl. The van der Waals surface area contributed by atoms with Crippen molar-refractivity contribution in [2.75, 3.05) is 13.2 Å². The van der Waals surface area contributed by atoms with Crippen LogP contribution in [0.5, 0.6) is 5.75 Å². The standard InChI is InChI=1S/C15H14ClF3O3/c16-12-9-11(1-2-13(12)22-15(17,18)19)10-3-5-14(6-4-10)20-7-8-21-14/h1-3,9H,4-8H2. The van der Waals surface area contributed by atoms with Crippen molar-refractivity contribution in [2.45, 2.75) is 31.4 Å². The van der Waals surface area contributed by atoms with Gasteiger partial charge in [-0.1, -0.05) is 23.7 Å². The van der Waals surface area contributed by atoms with Crippen molar-refractivity contribution in [3.8, 4) is 5.75 Å². The smallest absolute Gasteiger partial charge is 0.404 e. The second kappa shape index (κ2) is 5.76. The first-order valence-electron chi connectivity index (χ1n) is 6.90. The quantitative estimate of drug-likeness (QED) is 0.794. The van der Waals surface area contributed by atoms with Crippen molar-refractivity contribution >= 4 is 17.2 Å². The van der Waals surface area contributed by atoms with E-state index in [2.05, 4.69) is 4.74 Å². The normalized spacial score (nSPS) is 21.0. The van der Waals surface area contributed by atoms with E-state index in [0.29, 0.717) is 19.6 Å². The highest BCUT2D eigenvalue weighted by Crippen LogP contribution is 2.40. The maximum Gasteiger partial charge on any atom is 0.573 e. The fourth-order valence-electron chi connectivity index (χ4n) is 2.74. The minimum Gasteiger partial charge on any atom is -0.404 e. The van der Waals surface area contributed by atoms with Crippen LogP contribution in [0.2, 0.25) is 5.02 Å². The third kappa shape index (κ3) is 3.39. The molecule has 3 rings (SSSR count). The number of hydrogen-bond acceptors (Lipinski definition) is 3. The summed E-state index contributed by atoms with van der Waals surface area (Å²) in [6, 6.07) is 4.30. The lowest BCUT2D eigenvalue weighted by Gasteiger charge is -2.30. The number of ether oxygens (including phenoxy) is 3. The Morgan fingerprint density at radius 3 is 2.45 bits per heavy atom. The molecule has 120 valence electrons. The van der Waals surface area contributed by atoms with E-state index in [1.807, 2.05) is 6.08 Å². The van der Waals surface area contributed by atoms with Gasteiger partial charge in [-0.2, -0.15) is 0 Å². The van der Waals surface area contributed by atoms with Crippen LogP contribution in [-0.2, 0) is 9.47 Å². The van der Waals surface area contributed by atoms with Gasteiger partial charge in [0.15, 0.2) is 5.79 Å². The molecule has 7 heteroatoms. The Labute approximate surface area is 130 Å². The van der Waals surface area contributed by atoms with Crippen molar-refractivity contribution in [2.24, 2.45) is 0 Å². The minimum absolute atomic E-state index is 0.0654. The second-order valence-electron chi connectivity index (χ2n) is 5.23. The van der Waals surface area contributed by atoms with Crippen LogP contribution in [0, 0.1) is 0 Å². The maximum atomic E-state index is 12.2. The Morgan fingerprint density at radius 1 is 1.18 bits per heavy atom. The Morgan fingerprint density at radius 2 is 1.91 bits per heavy atom. The minimum atomic E-state index is -4.75. The zero-order valence-electron chi connectivity index (χ0n) is 11.6. The van der Waals surface area contributed by atoms with Gasteiger partial charge in [-0.25, -0.2) is 0 Å². The Hall–Kier alpha value is -1.24. The zero-order chi connectivity index (χ0) is 15.8. The molecule has 1 aromatic carbocycles. The first-order chi connectivity index (χ1) is 10.4. The van der Waals surface area contributed by atoms with Crippen molar-refractivity contribution in [1.29, 1.82) is 0 Å². The van der Waals surface area contributed by atoms with Gasteiger partial charge in [-0.05, 0) is 29.7 Å². The number of halogens is 4. The van der Waals surface area contributed by atoms with Gasteiger partial charge in [0.05, 0.1) is 18.2 Å². The third-order valence-corrected chi connectivity index (χ3v) is 4.07. The lowest BCUT2D eigenvalue weighted by Crippen LogP contribution is -2.31. The van der Waals surface area contributed by atoms with Crippen LogP contribution in [0.25, 0.3) is 5.57 Å². The number of alkyl halides is 3. The van der Waals surface area contributed by atoms with Crippen molar-refractivity contribution in [1.82, 2.24) is 0 Å². The highest BCUT2D eigenvalue weighted by atomic mass is 35.5. The summed E-state index contributed by atoms with van der Waals surface area (Å²) in [5.74, 6) is -0.916. The number of allylic oxidation sites excluding steroid dienone is 1. The summed E-state index contributed by atoms with van der Waals surface area (Å²) in [4.78, 5) is 0. The summed E-state index contributed by atoms with van der Waals surface area (Å²) in [5, 5.41) is -0.0654. The van der Waals surface area contributed by atoms with Gasteiger partial charge >= 0.3 is 6.36 Å². The van der Waals surface area contributed by atoms with Gasteiger partial charge in [-0.3, -0.25) is 0 Å². The van der Waals surface area contributed by atoms with Crippen LogP contribution in [-0.4, -0.2) is 25.4 Å². The molecular formula is C15H14ClF3O3. The fourth-order valence-corrected chi connectivity index (χ4v) is 2.96. The Bertz CT molecular complexity index is 592. The molecule has 0 N–H and O–H groups in total. The summed E-state index contributed by atoms with van der Waals surface area (Å²) < 4.78 is 51.8. The molecule has 1 heterocycles. The van der Waals surface area contributed by atoms with E-state index in [1.165, 1.54) is 12.1 Å². The predicted molar refractivity (Wildman–Crippen MR) is 74.6 cm³/mol. The largest absolute Gasteiger partial charge is 0.573 e. The summed E-state index contributed by atoms with van der Waals surface area (Å²) in [6.45, 7) is 1.19. The molecule has 0 saturated carbocycles. The summed E-state index contributed by atoms with van der Waals surface area (Å²) >= 11 is 5.87. The van der Waals surface area contributed by atoms with Gasteiger partial charge < -0.3 is 14.2 Å². The van der Waals surface area contributed by atoms with Crippen molar-refractivity contribution in [3.63, 3.8) is 0 Å². The topological polar surface area (TPSA) is 27.7 Å². The van der Waals surface area contributed by atoms with Crippen LogP contribution in [0.3, 0.4) is 0 Å². The molecular weight excluding hydrogens is 321 g/mol. The van der Waals surface area contributed by atoms with E-state index in [0.717, 1.165) is 24.0 Å². The van der Waals surface area contributed by atoms with Gasteiger partial charge in [0.25, 0.3) is 0 Å². The third-order valence-electron chi connectivity index (χ3n) is 3.78. The van der Waals surface area contributed by atoms with E-state index < -0.39 is 17.9 Å². The van der Waals surface area contributed by atoms with Gasteiger partial charge in [0.2, 0.25) is 0 Å². The number of hydrogen-bond donors (Lipinski definition) is 0. The van der Waals surface area contributed by atoms with Gasteiger partial charge in [0, 0.05) is 12.8 Å². The number of rotatable bonds is 2.